The molecule has 198 valence electrons. The normalized spacial score (nSPS) is 33.5. The standard InChI is InChI=1S/C31H44O5/c1-20(10-8-16-30(5,6)34)27-14-15-28-24(11-9-17-31(27,28)7)12-13-25-18-26(35-22(3)32)19-29(21(25)2)36-23(4)33/h12-13,20,26-29,34H,2,9-11,14-15,17-19H2,1,3-7H3/b24-12+,25-13-/t20?,26?,27?,28?,29-,31+/m0/s1. The van der Waals surface area contributed by atoms with Crippen LogP contribution < -0.4 is 0 Å². The summed E-state index contributed by atoms with van der Waals surface area (Å²) in [6.45, 7) is 15.3. The number of carbonyl (C=O) groups excluding carboxylic acids is 2. The molecule has 3 saturated carbocycles. The van der Waals surface area contributed by atoms with Gasteiger partial charge in [0, 0.05) is 33.1 Å². The van der Waals surface area contributed by atoms with Crippen LogP contribution in [0.25, 0.3) is 0 Å². The summed E-state index contributed by atoms with van der Waals surface area (Å²) in [5, 5.41) is 9.93. The van der Waals surface area contributed by atoms with Crippen LogP contribution in [0.2, 0.25) is 0 Å². The highest BCUT2D eigenvalue weighted by molar-refractivity contribution is 5.67. The second-order valence-corrected chi connectivity index (χ2v) is 11.9. The fourth-order valence-corrected chi connectivity index (χ4v) is 6.86. The van der Waals surface area contributed by atoms with Gasteiger partial charge in [0.15, 0.2) is 0 Å². The third kappa shape index (κ3) is 6.91. The second kappa shape index (κ2) is 11.4. The predicted molar refractivity (Wildman–Crippen MR) is 142 cm³/mol. The Morgan fingerprint density at radius 2 is 1.92 bits per heavy atom. The molecule has 0 aromatic rings. The van der Waals surface area contributed by atoms with E-state index in [-0.39, 0.29) is 23.5 Å². The number of hydrogen-bond acceptors (Lipinski definition) is 5. The average molecular weight is 497 g/mol. The van der Waals surface area contributed by atoms with Gasteiger partial charge in [-0.25, -0.2) is 0 Å². The van der Waals surface area contributed by atoms with Gasteiger partial charge >= 0.3 is 11.9 Å². The summed E-state index contributed by atoms with van der Waals surface area (Å²) in [5.74, 6) is 7.16. The Kier molecular flexibility index (Phi) is 8.93. The monoisotopic (exact) mass is 496 g/mol. The molecule has 4 unspecified atom stereocenters. The minimum absolute atomic E-state index is 0.253. The topological polar surface area (TPSA) is 72.8 Å². The highest BCUT2D eigenvalue weighted by Gasteiger charge is 2.50. The maximum absolute atomic E-state index is 11.6. The molecule has 0 aromatic heterocycles. The van der Waals surface area contributed by atoms with Gasteiger partial charge in [-0.1, -0.05) is 44.1 Å². The lowest BCUT2D eigenvalue weighted by atomic mass is 9.61. The molecule has 0 aliphatic heterocycles. The minimum atomic E-state index is -0.942. The molecule has 0 radical (unpaired) electrons. The van der Waals surface area contributed by atoms with Crippen LogP contribution in [-0.2, 0) is 19.1 Å². The summed E-state index contributed by atoms with van der Waals surface area (Å²) < 4.78 is 11.0. The van der Waals surface area contributed by atoms with Crippen molar-refractivity contribution in [2.45, 2.75) is 111 Å². The van der Waals surface area contributed by atoms with Crippen LogP contribution in [0.5, 0.6) is 0 Å². The second-order valence-electron chi connectivity index (χ2n) is 11.9. The Morgan fingerprint density at radius 3 is 2.56 bits per heavy atom. The number of esters is 2. The van der Waals surface area contributed by atoms with Gasteiger partial charge < -0.3 is 14.6 Å². The highest BCUT2D eigenvalue weighted by Crippen LogP contribution is 2.59. The zero-order valence-corrected chi connectivity index (χ0v) is 23.0. The van der Waals surface area contributed by atoms with E-state index in [1.54, 1.807) is 13.8 Å². The zero-order chi connectivity index (χ0) is 26.7. The quantitative estimate of drug-likeness (QED) is 0.369. The van der Waals surface area contributed by atoms with E-state index in [1.165, 1.54) is 45.1 Å². The molecule has 3 aliphatic carbocycles. The van der Waals surface area contributed by atoms with Crippen molar-refractivity contribution in [3.63, 3.8) is 0 Å². The molecule has 3 fully saturated rings. The maximum atomic E-state index is 11.6. The largest absolute Gasteiger partial charge is 0.462 e. The average Bonchev–Trinajstić information content (AvgIpc) is 3.10. The lowest BCUT2D eigenvalue weighted by Crippen LogP contribution is -2.36. The van der Waals surface area contributed by atoms with Crippen molar-refractivity contribution in [3.8, 4) is 11.8 Å². The molecule has 3 aliphatic rings. The third-order valence-electron chi connectivity index (χ3n) is 8.41. The van der Waals surface area contributed by atoms with Crippen molar-refractivity contribution in [3.05, 3.63) is 35.5 Å². The van der Waals surface area contributed by atoms with Crippen LogP contribution in [0.4, 0.5) is 0 Å². The summed E-state index contributed by atoms with van der Waals surface area (Å²) in [7, 11) is 0. The van der Waals surface area contributed by atoms with Gasteiger partial charge in [0.2, 0.25) is 0 Å². The van der Waals surface area contributed by atoms with Crippen molar-refractivity contribution in [2.75, 3.05) is 0 Å². The summed E-state index contributed by atoms with van der Waals surface area (Å²) >= 11 is 0. The molecule has 0 spiro atoms. The Hall–Kier alpha value is -2.32. The predicted octanol–water partition coefficient (Wildman–Crippen LogP) is 6.07. The first-order valence-electron chi connectivity index (χ1n) is 13.5. The van der Waals surface area contributed by atoms with Gasteiger partial charge in [-0.15, -0.1) is 5.92 Å². The first-order valence-corrected chi connectivity index (χ1v) is 13.5. The van der Waals surface area contributed by atoms with Gasteiger partial charge in [0.1, 0.15) is 17.8 Å². The number of carbonyl (C=O) groups is 2. The van der Waals surface area contributed by atoms with Crippen molar-refractivity contribution in [1.82, 2.24) is 0 Å². The van der Waals surface area contributed by atoms with Gasteiger partial charge in [-0.05, 0) is 80.3 Å². The Bertz CT molecular complexity index is 985. The molecule has 5 heteroatoms. The number of hydrogen-bond donors (Lipinski definition) is 1. The molecule has 0 heterocycles. The van der Waals surface area contributed by atoms with Crippen LogP contribution in [-0.4, -0.2) is 34.9 Å². The first-order chi connectivity index (χ1) is 16.8. The van der Waals surface area contributed by atoms with Crippen molar-refractivity contribution < 1.29 is 24.2 Å². The molecule has 0 amide bonds. The van der Waals surface area contributed by atoms with E-state index in [9.17, 15) is 14.7 Å². The fraction of sp³-hybridized carbons (Fsp3) is 0.677. The molecule has 0 bridgehead atoms. The molecule has 3 rings (SSSR count). The van der Waals surface area contributed by atoms with Crippen LogP contribution in [0.1, 0.15) is 92.9 Å². The molecule has 6 atom stereocenters. The van der Waals surface area contributed by atoms with E-state index in [0.29, 0.717) is 30.6 Å². The van der Waals surface area contributed by atoms with E-state index >= 15 is 0 Å². The van der Waals surface area contributed by atoms with E-state index < -0.39 is 11.7 Å². The summed E-state index contributed by atoms with van der Waals surface area (Å²) in [5.41, 5.74) is 2.58. The number of rotatable bonds is 5. The summed E-state index contributed by atoms with van der Waals surface area (Å²) in [6.07, 6.45) is 11.3. The SMILES string of the molecule is C=C1/C(=C\C=C2/CCC[C@@]3(C)C2CCC3C(C)CC#CC(C)(C)O)CC(OC(C)=O)C[C@@H]1OC(C)=O. The molecule has 0 saturated heterocycles. The van der Waals surface area contributed by atoms with Gasteiger partial charge in [-0.3, -0.25) is 9.59 Å². The molecule has 36 heavy (non-hydrogen) atoms. The Morgan fingerprint density at radius 1 is 1.22 bits per heavy atom. The van der Waals surface area contributed by atoms with E-state index in [1.807, 2.05) is 0 Å². The first kappa shape index (κ1) is 28.3. The van der Waals surface area contributed by atoms with Crippen LogP contribution in [0.15, 0.2) is 35.5 Å². The summed E-state index contributed by atoms with van der Waals surface area (Å²) in [4.78, 5) is 23.2. The van der Waals surface area contributed by atoms with Gasteiger partial charge in [-0.2, -0.15) is 0 Å². The molecule has 0 aromatic carbocycles. The fourth-order valence-electron chi connectivity index (χ4n) is 6.86. The zero-order valence-electron chi connectivity index (χ0n) is 23.0. The molecular weight excluding hydrogens is 452 g/mol. The van der Waals surface area contributed by atoms with Gasteiger partial charge in [0.25, 0.3) is 0 Å². The Labute approximate surface area is 217 Å². The summed E-state index contributed by atoms with van der Waals surface area (Å²) in [6, 6.07) is 0. The molecular formula is C31H44O5. The van der Waals surface area contributed by atoms with E-state index in [0.717, 1.165) is 24.0 Å². The number of aliphatic hydroxyl groups is 1. The van der Waals surface area contributed by atoms with Crippen molar-refractivity contribution in [1.29, 1.82) is 0 Å². The van der Waals surface area contributed by atoms with E-state index in [4.69, 9.17) is 9.47 Å². The smallest absolute Gasteiger partial charge is 0.303 e. The number of fused-ring (bicyclic) bond motifs is 1. The number of ether oxygens (including phenoxy) is 2. The Balaban J connectivity index is 1.79. The van der Waals surface area contributed by atoms with Crippen molar-refractivity contribution in [2.24, 2.45) is 23.2 Å². The lowest BCUT2D eigenvalue weighted by Gasteiger charge is -2.44. The third-order valence-corrected chi connectivity index (χ3v) is 8.41. The maximum Gasteiger partial charge on any atom is 0.303 e. The van der Waals surface area contributed by atoms with Crippen molar-refractivity contribution >= 4 is 11.9 Å². The van der Waals surface area contributed by atoms with Crippen LogP contribution in [0, 0.1) is 35.0 Å². The van der Waals surface area contributed by atoms with E-state index in [2.05, 4.69) is 44.4 Å². The lowest BCUT2D eigenvalue weighted by molar-refractivity contribution is -0.152. The number of allylic oxidation sites excluding steroid dienone is 3. The van der Waals surface area contributed by atoms with Crippen LogP contribution in [0.3, 0.4) is 0 Å². The highest BCUT2D eigenvalue weighted by atomic mass is 16.6. The van der Waals surface area contributed by atoms with Gasteiger partial charge in [0.05, 0.1) is 0 Å². The van der Waals surface area contributed by atoms with Crippen LogP contribution >= 0.6 is 0 Å². The minimum Gasteiger partial charge on any atom is -0.462 e. The molecule has 5 nitrogen and oxygen atoms in total. The molecule has 1 N–H and O–H groups in total.